The Hall–Kier alpha value is -2.30. The van der Waals surface area contributed by atoms with Crippen molar-refractivity contribution in [3.63, 3.8) is 0 Å². The van der Waals surface area contributed by atoms with Crippen molar-refractivity contribution in [1.29, 1.82) is 0 Å². The van der Waals surface area contributed by atoms with E-state index in [0.717, 1.165) is 31.0 Å². The van der Waals surface area contributed by atoms with Gasteiger partial charge in [-0.3, -0.25) is 0 Å². The average Bonchev–Trinajstić information content (AvgIpc) is 2.58. The molecule has 1 fully saturated rings. The standard InChI is InChI=1S/C17H23N5/c1-2-13-6-8-14(9-7-13)21-16-15(18)17(20-12-19-16)22-10-4-3-5-11-22/h6-9,12H,2-5,10-11,18H2,1H3,(H,19,20,21). The van der Waals surface area contributed by atoms with Crippen LogP contribution in [0.15, 0.2) is 30.6 Å². The first kappa shape index (κ1) is 14.6. The van der Waals surface area contributed by atoms with Gasteiger partial charge in [0.15, 0.2) is 11.6 Å². The van der Waals surface area contributed by atoms with Crippen molar-refractivity contribution in [2.24, 2.45) is 0 Å². The maximum atomic E-state index is 6.29. The number of nitrogens with one attached hydrogen (secondary N) is 1. The SMILES string of the molecule is CCc1ccc(Nc2ncnc(N3CCCCC3)c2N)cc1. The van der Waals surface area contributed by atoms with Gasteiger partial charge in [-0.25, -0.2) is 9.97 Å². The van der Waals surface area contributed by atoms with Crippen molar-refractivity contribution in [3.8, 4) is 0 Å². The topological polar surface area (TPSA) is 67.1 Å². The fraction of sp³-hybridized carbons (Fsp3) is 0.412. The van der Waals surface area contributed by atoms with E-state index in [-0.39, 0.29) is 0 Å². The second kappa shape index (κ2) is 6.64. The maximum Gasteiger partial charge on any atom is 0.159 e. The summed E-state index contributed by atoms with van der Waals surface area (Å²) in [7, 11) is 0. The number of rotatable bonds is 4. The van der Waals surface area contributed by atoms with E-state index in [1.54, 1.807) is 6.33 Å². The molecule has 3 N–H and O–H groups in total. The minimum atomic E-state index is 0.629. The van der Waals surface area contributed by atoms with Crippen LogP contribution in [0.1, 0.15) is 31.7 Å². The molecule has 0 atom stereocenters. The van der Waals surface area contributed by atoms with Crippen LogP contribution in [0.2, 0.25) is 0 Å². The fourth-order valence-corrected chi connectivity index (χ4v) is 2.80. The minimum Gasteiger partial charge on any atom is -0.393 e. The molecule has 0 radical (unpaired) electrons. The number of hydrogen-bond acceptors (Lipinski definition) is 5. The number of nitrogens with zero attached hydrogens (tertiary/aromatic N) is 3. The lowest BCUT2D eigenvalue weighted by atomic mass is 10.1. The maximum absolute atomic E-state index is 6.29. The normalized spacial score (nSPS) is 14.9. The van der Waals surface area contributed by atoms with Crippen LogP contribution in [0, 0.1) is 0 Å². The summed E-state index contributed by atoms with van der Waals surface area (Å²) in [5, 5.41) is 3.30. The zero-order chi connectivity index (χ0) is 15.4. The summed E-state index contributed by atoms with van der Waals surface area (Å²) in [6.07, 6.45) is 6.31. The molecule has 1 aromatic carbocycles. The molecule has 0 bridgehead atoms. The van der Waals surface area contributed by atoms with E-state index in [4.69, 9.17) is 5.73 Å². The lowest BCUT2D eigenvalue weighted by Crippen LogP contribution is -2.31. The van der Waals surface area contributed by atoms with E-state index in [0.29, 0.717) is 11.5 Å². The summed E-state index contributed by atoms with van der Waals surface area (Å²) in [6, 6.07) is 8.35. The number of benzene rings is 1. The van der Waals surface area contributed by atoms with Gasteiger partial charge in [-0.05, 0) is 43.4 Å². The van der Waals surface area contributed by atoms with Gasteiger partial charge >= 0.3 is 0 Å². The Morgan fingerprint density at radius 2 is 1.82 bits per heavy atom. The number of aromatic nitrogens is 2. The molecule has 0 spiro atoms. The molecule has 116 valence electrons. The van der Waals surface area contributed by atoms with Crippen molar-refractivity contribution in [1.82, 2.24) is 9.97 Å². The summed E-state index contributed by atoms with van der Waals surface area (Å²) >= 11 is 0. The van der Waals surface area contributed by atoms with E-state index < -0.39 is 0 Å². The van der Waals surface area contributed by atoms with Crippen molar-refractivity contribution in [2.75, 3.05) is 29.0 Å². The van der Waals surface area contributed by atoms with E-state index >= 15 is 0 Å². The predicted octanol–water partition coefficient (Wildman–Crippen LogP) is 3.36. The highest BCUT2D eigenvalue weighted by molar-refractivity contribution is 5.78. The lowest BCUT2D eigenvalue weighted by molar-refractivity contribution is 0.574. The molecule has 3 rings (SSSR count). The third-order valence-corrected chi connectivity index (χ3v) is 4.14. The minimum absolute atomic E-state index is 0.629. The molecule has 1 aliphatic heterocycles. The molecule has 0 amide bonds. The van der Waals surface area contributed by atoms with Gasteiger partial charge in [0.1, 0.15) is 12.0 Å². The second-order valence-electron chi connectivity index (χ2n) is 5.68. The Labute approximate surface area is 131 Å². The van der Waals surface area contributed by atoms with Crippen LogP contribution < -0.4 is 16.0 Å². The largest absolute Gasteiger partial charge is 0.393 e. The molecule has 1 saturated heterocycles. The Balaban J connectivity index is 1.81. The zero-order valence-corrected chi connectivity index (χ0v) is 13.0. The van der Waals surface area contributed by atoms with Crippen LogP contribution >= 0.6 is 0 Å². The quantitative estimate of drug-likeness (QED) is 0.906. The van der Waals surface area contributed by atoms with Crippen LogP contribution in [-0.4, -0.2) is 23.1 Å². The smallest absolute Gasteiger partial charge is 0.159 e. The highest BCUT2D eigenvalue weighted by atomic mass is 15.2. The Morgan fingerprint density at radius 3 is 2.50 bits per heavy atom. The molecule has 5 nitrogen and oxygen atoms in total. The highest BCUT2D eigenvalue weighted by Gasteiger charge is 2.17. The first-order valence-electron chi connectivity index (χ1n) is 7.99. The van der Waals surface area contributed by atoms with E-state index in [1.807, 2.05) is 0 Å². The number of anilines is 4. The molecule has 0 aliphatic carbocycles. The zero-order valence-electron chi connectivity index (χ0n) is 13.0. The first-order chi connectivity index (χ1) is 10.8. The Kier molecular flexibility index (Phi) is 4.42. The molecular formula is C17H23N5. The third-order valence-electron chi connectivity index (χ3n) is 4.14. The van der Waals surface area contributed by atoms with Crippen LogP contribution in [0.4, 0.5) is 23.0 Å². The Bertz CT molecular complexity index is 617. The summed E-state index contributed by atoms with van der Waals surface area (Å²) < 4.78 is 0. The summed E-state index contributed by atoms with van der Waals surface area (Å²) in [5.41, 5.74) is 9.23. The van der Waals surface area contributed by atoms with Gasteiger partial charge in [-0.2, -0.15) is 0 Å². The molecule has 1 aromatic heterocycles. The van der Waals surface area contributed by atoms with Crippen LogP contribution in [-0.2, 0) is 6.42 Å². The highest BCUT2D eigenvalue weighted by Crippen LogP contribution is 2.30. The van der Waals surface area contributed by atoms with Crippen molar-refractivity contribution < 1.29 is 0 Å². The number of nitrogens with two attached hydrogens (primary N) is 1. The lowest BCUT2D eigenvalue weighted by Gasteiger charge is -2.28. The van der Waals surface area contributed by atoms with Crippen molar-refractivity contribution >= 4 is 23.0 Å². The van der Waals surface area contributed by atoms with Gasteiger partial charge in [0.2, 0.25) is 0 Å². The number of piperidine rings is 1. The van der Waals surface area contributed by atoms with Gasteiger partial charge in [0, 0.05) is 18.8 Å². The van der Waals surface area contributed by atoms with Gasteiger partial charge < -0.3 is 16.0 Å². The molecular weight excluding hydrogens is 274 g/mol. The van der Waals surface area contributed by atoms with Gasteiger partial charge in [-0.1, -0.05) is 19.1 Å². The summed E-state index contributed by atoms with van der Waals surface area (Å²) in [4.78, 5) is 10.9. The van der Waals surface area contributed by atoms with Crippen LogP contribution in [0.3, 0.4) is 0 Å². The molecule has 5 heteroatoms. The predicted molar refractivity (Wildman–Crippen MR) is 91.6 cm³/mol. The third kappa shape index (κ3) is 3.13. The molecule has 2 aromatic rings. The number of aryl methyl sites for hydroxylation is 1. The van der Waals surface area contributed by atoms with E-state index in [2.05, 4.69) is 51.4 Å². The first-order valence-corrected chi connectivity index (χ1v) is 7.99. The van der Waals surface area contributed by atoms with Crippen molar-refractivity contribution in [3.05, 3.63) is 36.2 Å². The van der Waals surface area contributed by atoms with Crippen LogP contribution in [0.5, 0.6) is 0 Å². The fourth-order valence-electron chi connectivity index (χ4n) is 2.80. The summed E-state index contributed by atoms with van der Waals surface area (Å²) in [6.45, 7) is 4.19. The van der Waals surface area contributed by atoms with Crippen molar-refractivity contribution in [2.45, 2.75) is 32.6 Å². The summed E-state index contributed by atoms with van der Waals surface area (Å²) in [5.74, 6) is 1.53. The molecule has 2 heterocycles. The number of nitrogen functional groups attached to an aromatic ring is 1. The van der Waals surface area contributed by atoms with Gasteiger partial charge in [0.05, 0.1) is 0 Å². The number of hydrogen-bond donors (Lipinski definition) is 2. The Morgan fingerprint density at radius 1 is 1.09 bits per heavy atom. The van der Waals surface area contributed by atoms with Crippen LogP contribution in [0.25, 0.3) is 0 Å². The molecule has 0 unspecified atom stereocenters. The molecule has 0 saturated carbocycles. The van der Waals surface area contributed by atoms with Gasteiger partial charge in [0.25, 0.3) is 0 Å². The molecule has 1 aliphatic rings. The van der Waals surface area contributed by atoms with E-state index in [1.165, 1.54) is 24.8 Å². The average molecular weight is 297 g/mol. The second-order valence-corrected chi connectivity index (χ2v) is 5.68. The monoisotopic (exact) mass is 297 g/mol. The van der Waals surface area contributed by atoms with Gasteiger partial charge in [-0.15, -0.1) is 0 Å². The molecule has 22 heavy (non-hydrogen) atoms. The van der Waals surface area contributed by atoms with E-state index in [9.17, 15) is 0 Å².